The smallest absolute Gasteiger partial charge is 0.258 e. The predicted molar refractivity (Wildman–Crippen MR) is 82.2 cm³/mol. The molecular weight excluding hydrogens is 264 g/mol. The maximum atomic E-state index is 12.7. The molecular formula is C17H16N2O2. The summed E-state index contributed by atoms with van der Waals surface area (Å²) in [7, 11) is 0. The summed E-state index contributed by atoms with van der Waals surface area (Å²) in [6, 6.07) is 15.1. The first-order valence-corrected chi connectivity index (χ1v) is 6.89. The van der Waals surface area contributed by atoms with Gasteiger partial charge in [0, 0.05) is 24.1 Å². The van der Waals surface area contributed by atoms with Crippen LogP contribution in [-0.4, -0.2) is 23.4 Å². The van der Waals surface area contributed by atoms with Gasteiger partial charge >= 0.3 is 0 Å². The molecule has 0 atom stereocenters. The molecule has 1 aliphatic heterocycles. The Morgan fingerprint density at radius 2 is 1.86 bits per heavy atom. The zero-order valence-corrected chi connectivity index (χ0v) is 11.8. The number of rotatable bonds is 1. The average Bonchev–Trinajstić information content (AvgIpc) is 2.54. The number of oxime groups is 1. The monoisotopic (exact) mass is 280 g/mol. The van der Waals surface area contributed by atoms with Crippen molar-refractivity contribution < 1.29 is 10.0 Å². The van der Waals surface area contributed by atoms with Crippen molar-refractivity contribution in [1.29, 1.82) is 0 Å². The molecule has 0 spiro atoms. The van der Waals surface area contributed by atoms with Crippen LogP contribution in [0, 0.1) is 6.92 Å². The largest absolute Gasteiger partial charge is 0.411 e. The molecule has 0 radical (unpaired) electrons. The first kappa shape index (κ1) is 13.4. The minimum Gasteiger partial charge on any atom is -0.411 e. The third kappa shape index (κ3) is 2.40. The van der Waals surface area contributed by atoms with Crippen molar-refractivity contribution >= 4 is 17.3 Å². The van der Waals surface area contributed by atoms with E-state index < -0.39 is 0 Å². The van der Waals surface area contributed by atoms with Gasteiger partial charge in [0.15, 0.2) is 0 Å². The first-order chi connectivity index (χ1) is 10.2. The second-order valence-electron chi connectivity index (χ2n) is 5.14. The van der Waals surface area contributed by atoms with E-state index in [1.54, 1.807) is 4.90 Å². The fourth-order valence-corrected chi connectivity index (χ4v) is 2.59. The predicted octanol–water partition coefficient (Wildman–Crippen LogP) is 3.22. The maximum Gasteiger partial charge on any atom is 0.258 e. The Bertz CT molecular complexity index is 705. The third-order valence-corrected chi connectivity index (χ3v) is 3.74. The molecule has 106 valence electrons. The number of nitrogens with zero attached hydrogens (tertiary/aromatic N) is 2. The molecule has 4 heteroatoms. The fourth-order valence-electron chi connectivity index (χ4n) is 2.59. The van der Waals surface area contributed by atoms with Crippen LogP contribution < -0.4 is 4.90 Å². The SMILES string of the molecule is Cc1ccc(C(=O)N2CCC(=NO)c3ccccc32)cc1. The summed E-state index contributed by atoms with van der Waals surface area (Å²) < 4.78 is 0. The van der Waals surface area contributed by atoms with Crippen molar-refractivity contribution in [2.45, 2.75) is 13.3 Å². The van der Waals surface area contributed by atoms with Gasteiger partial charge in [0.05, 0.1) is 11.4 Å². The van der Waals surface area contributed by atoms with Gasteiger partial charge in [-0.1, -0.05) is 41.1 Å². The Labute approximate surface area is 123 Å². The van der Waals surface area contributed by atoms with Crippen LogP contribution in [0.2, 0.25) is 0 Å². The highest BCUT2D eigenvalue weighted by Gasteiger charge is 2.26. The molecule has 2 aromatic rings. The molecule has 0 unspecified atom stereocenters. The van der Waals surface area contributed by atoms with E-state index >= 15 is 0 Å². The molecule has 0 aromatic heterocycles. The summed E-state index contributed by atoms with van der Waals surface area (Å²) in [6.07, 6.45) is 0.547. The lowest BCUT2D eigenvalue weighted by molar-refractivity contribution is 0.0987. The second-order valence-corrected chi connectivity index (χ2v) is 5.14. The van der Waals surface area contributed by atoms with E-state index in [0.29, 0.717) is 24.2 Å². The first-order valence-electron chi connectivity index (χ1n) is 6.89. The lowest BCUT2D eigenvalue weighted by Gasteiger charge is -2.29. The molecule has 1 aliphatic rings. The van der Waals surface area contributed by atoms with Crippen molar-refractivity contribution in [3.63, 3.8) is 0 Å². The van der Waals surface area contributed by atoms with E-state index in [-0.39, 0.29) is 5.91 Å². The lowest BCUT2D eigenvalue weighted by atomic mass is 9.98. The van der Waals surface area contributed by atoms with Crippen molar-refractivity contribution in [1.82, 2.24) is 0 Å². The summed E-state index contributed by atoms with van der Waals surface area (Å²) in [5.41, 5.74) is 4.02. The molecule has 1 heterocycles. The van der Waals surface area contributed by atoms with Gasteiger partial charge in [0.25, 0.3) is 5.91 Å². The van der Waals surface area contributed by atoms with Gasteiger partial charge in [-0.25, -0.2) is 0 Å². The fraction of sp³-hybridized carbons (Fsp3) is 0.176. The maximum absolute atomic E-state index is 12.7. The van der Waals surface area contributed by atoms with E-state index in [1.807, 2.05) is 55.5 Å². The number of carbonyl (C=O) groups excluding carboxylic acids is 1. The van der Waals surface area contributed by atoms with E-state index in [0.717, 1.165) is 16.8 Å². The van der Waals surface area contributed by atoms with Gasteiger partial charge in [0.1, 0.15) is 0 Å². The summed E-state index contributed by atoms with van der Waals surface area (Å²) in [5.74, 6) is -0.0283. The zero-order valence-electron chi connectivity index (χ0n) is 11.8. The number of fused-ring (bicyclic) bond motifs is 1. The summed E-state index contributed by atoms with van der Waals surface area (Å²) in [5, 5.41) is 12.4. The van der Waals surface area contributed by atoms with E-state index in [9.17, 15) is 4.79 Å². The van der Waals surface area contributed by atoms with Crippen molar-refractivity contribution in [2.24, 2.45) is 5.16 Å². The molecule has 21 heavy (non-hydrogen) atoms. The Kier molecular flexibility index (Phi) is 3.44. The molecule has 4 nitrogen and oxygen atoms in total. The van der Waals surface area contributed by atoms with Crippen LogP contribution in [0.1, 0.15) is 27.9 Å². The Balaban J connectivity index is 2.00. The third-order valence-electron chi connectivity index (χ3n) is 3.74. The normalized spacial score (nSPS) is 15.9. The van der Waals surface area contributed by atoms with E-state index in [1.165, 1.54) is 0 Å². The number of anilines is 1. The Hall–Kier alpha value is -2.62. The van der Waals surface area contributed by atoms with Crippen LogP contribution in [0.15, 0.2) is 53.7 Å². The second kappa shape index (κ2) is 5.40. The van der Waals surface area contributed by atoms with Crippen molar-refractivity contribution in [2.75, 3.05) is 11.4 Å². The molecule has 1 N–H and O–H groups in total. The number of carbonyl (C=O) groups is 1. The van der Waals surface area contributed by atoms with Gasteiger partial charge in [-0.2, -0.15) is 0 Å². The highest BCUT2D eigenvalue weighted by Crippen LogP contribution is 2.28. The molecule has 0 bridgehead atoms. The molecule has 3 rings (SSSR count). The number of aryl methyl sites for hydroxylation is 1. The minimum absolute atomic E-state index is 0.0283. The highest BCUT2D eigenvalue weighted by atomic mass is 16.4. The molecule has 1 amide bonds. The topological polar surface area (TPSA) is 52.9 Å². The average molecular weight is 280 g/mol. The zero-order chi connectivity index (χ0) is 14.8. The number of hydrogen-bond acceptors (Lipinski definition) is 3. The molecule has 0 saturated heterocycles. The van der Waals surface area contributed by atoms with Crippen LogP contribution in [0.25, 0.3) is 0 Å². The highest BCUT2D eigenvalue weighted by molar-refractivity contribution is 6.14. The van der Waals surface area contributed by atoms with E-state index in [4.69, 9.17) is 5.21 Å². The van der Waals surface area contributed by atoms with Gasteiger partial charge in [-0.05, 0) is 25.1 Å². The number of para-hydroxylation sites is 1. The van der Waals surface area contributed by atoms with Crippen LogP contribution >= 0.6 is 0 Å². The van der Waals surface area contributed by atoms with Crippen LogP contribution in [0.5, 0.6) is 0 Å². The number of benzene rings is 2. The van der Waals surface area contributed by atoms with Crippen LogP contribution in [0.4, 0.5) is 5.69 Å². The van der Waals surface area contributed by atoms with Crippen molar-refractivity contribution in [3.8, 4) is 0 Å². The standard InChI is InChI=1S/C17H16N2O2/c1-12-6-8-13(9-7-12)17(20)19-11-10-15(18-21)14-4-2-3-5-16(14)19/h2-9,21H,10-11H2,1H3. The Morgan fingerprint density at radius 1 is 1.14 bits per heavy atom. The minimum atomic E-state index is -0.0283. The van der Waals surface area contributed by atoms with Gasteiger partial charge in [-0.3, -0.25) is 4.79 Å². The number of amides is 1. The molecule has 2 aromatic carbocycles. The molecule has 0 saturated carbocycles. The summed E-state index contributed by atoms with van der Waals surface area (Å²) >= 11 is 0. The quantitative estimate of drug-likeness (QED) is 0.644. The van der Waals surface area contributed by atoms with Crippen molar-refractivity contribution in [3.05, 3.63) is 65.2 Å². The van der Waals surface area contributed by atoms with E-state index in [2.05, 4.69) is 5.16 Å². The molecule has 0 aliphatic carbocycles. The molecule has 0 fully saturated rings. The van der Waals surface area contributed by atoms with Gasteiger partial charge < -0.3 is 10.1 Å². The summed E-state index contributed by atoms with van der Waals surface area (Å²) in [6.45, 7) is 2.51. The van der Waals surface area contributed by atoms with Crippen LogP contribution in [0.3, 0.4) is 0 Å². The number of hydrogen-bond donors (Lipinski definition) is 1. The Morgan fingerprint density at radius 3 is 2.57 bits per heavy atom. The van der Waals surface area contributed by atoms with Gasteiger partial charge in [0.2, 0.25) is 0 Å². The van der Waals surface area contributed by atoms with Crippen LogP contribution in [-0.2, 0) is 0 Å². The van der Waals surface area contributed by atoms with Gasteiger partial charge in [-0.15, -0.1) is 0 Å². The summed E-state index contributed by atoms with van der Waals surface area (Å²) in [4.78, 5) is 14.4. The lowest BCUT2D eigenvalue weighted by Crippen LogP contribution is -2.37.